The van der Waals surface area contributed by atoms with Crippen LogP contribution in [0, 0.1) is 11.6 Å². The van der Waals surface area contributed by atoms with Crippen molar-refractivity contribution in [2.45, 2.75) is 10.9 Å². The average Bonchev–Trinajstić information content (AvgIpc) is 2.50. The highest BCUT2D eigenvalue weighted by atomic mass is 32.2. The predicted molar refractivity (Wildman–Crippen MR) is 81.9 cm³/mol. The average molecular weight is 309 g/mol. The summed E-state index contributed by atoms with van der Waals surface area (Å²) in [5.41, 5.74) is 0.805. The number of hydrogen-bond donors (Lipinski definition) is 1. The van der Waals surface area contributed by atoms with Crippen LogP contribution in [0.4, 0.5) is 8.78 Å². The molecule has 0 aliphatic rings. The maximum absolute atomic E-state index is 13.8. The van der Waals surface area contributed by atoms with E-state index in [1.807, 2.05) is 6.07 Å². The zero-order valence-electron chi connectivity index (χ0n) is 11.9. The van der Waals surface area contributed by atoms with E-state index in [4.69, 9.17) is 4.74 Å². The molecule has 0 radical (unpaired) electrons. The third-order valence-corrected chi connectivity index (χ3v) is 4.31. The fourth-order valence-corrected chi connectivity index (χ4v) is 3.07. The van der Waals surface area contributed by atoms with Crippen molar-refractivity contribution in [2.75, 3.05) is 19.9 Å². The van der Waals surface area contributed by atoms with Gasteiger partial charge in [0.1, 0.15) is 5.82 Å². The zero-order valence-corrected chi connectivity index (χ0v) is 12.7. The molecule has 21 heavy (non-hydrogen) atoms. The van der Waals surface area contributed by atoms with E-state index in [0.29, 0.717) is 10.6 Å². The molecule has 0 aromatic heterocycles. The van der Waals surface area contributed by atoms with Gasteiger partial charge in [0, 0.05) is 16.7 Å². The van der Waals surface area contributed by atoms with E-state index in [2.05, 4.69) is 5.32 Å². The second kappa shape index (κ2) is 7.43. The quantitative estimate of drug-likeness (QED) is 0.814. The Balaban J connectivity index is 2.10. The molecule has 1 N–H and O–H groups in total. The van der Waals surface area contributed by atoms with Crippen molar-refractivity contribution in [3.63, 3.8) is 0 Å². The third kappa shape index (κ3) is 3.95. The molecule has 0 bridgehead atoms. The van der Waals surface area contributed by atoms with Crippen molar-refractivity contribution in [1.82, 2.24) is 5.32 Å². The van der Waals surface area contributed by atoms with Crippen LogP contribution in [0.3, 0.4) is 0 Å². The molecule has 0 saturated heterocycles. The maximum atomic E-state index is 13.8. The van der Waals surface area contributed by atoms with Gasteiger partial charge in [-0.3, -0.25) is 0 Å². The molecule has 1 unspecified atom stereocenters. The normalized spacial score (nSPS) is 12.2. The number of halogens is 2. The van der Waals surface area contributed by atoms with Crippen molar-refractivity contribution in [3.8, 4) is 5.75 Å². The molecule has 2 rings (SSSR count). The van der Waals surface area contributed by atoms with Crippen molar-refractivity contribution in [1.29, 1.82) is 0 Å². The van der Waals surface area contributed by atoms with E-state index in [9.17, 15) is 8.78 Å². The first-order valence-corrected chi connectivity index (χ1v) is 7.52. The summed E-state index contributed by atoms with van der Waals surface area (Å²) in [6.07, 6.45) is 0. The summed E-state index contributed by atoms with van der Waals surface area (Å²) in [6, 6.07) is 11.4. The van der Waals surface area contributed by atoms with Gasteiger partial charge < -0.3 is 10.1 Å². The largest absolute Gasteiger partial charge is 0.494 e. The molecule has 0 heterocycles. The van der Waals surface area contributed by atoms with Gasteiger partial charge in [-0.1, -0.05) is 18.2 Å². The lowest BCUT2D eigenvalue weighted by Crippen LogP contribution is -2.19. The molecular formula is C16H17F2NOS. The molecule has 0 spiro atoms. The fraction of sp³-hybridized carbons (Fsp3) is 0.250. The van der Waals surface area contributed by atoms with E-state index in [1.165, 1.54) is 31.0 Å². The van der Waals surface area contributed by atoms with Gasteiger partial charge in [-0.05, 0) is 36.9 Å². The Hall–Kier alpha value is -1.59. The maximum Gasteiger partial charge on any atom is 0.165 e. The summed E-state index contributed by atoms with van der Waals surface area (Å²) in [5, 5.41) is 3.12. The Morgan fingerprint density at radius 1 is 1.14 bits per heavy atom. The molecule has 2 aromatic carbocycles. The Kier molecular flexibility index (Phi) is 5.59. The molecule has 5 heteroatoms. The Labute approximate surface area is 127 Å². The highest BCUT2D eigenvalue weighted by Gasteiger charge is 2.13. The number of methoxy groups -OCH3 is 1. The first-order chi connectivity index (χ1) is 10.2. The minimum absolute atomic E-state index is 0.0741. The van der Waals surface area contributed by atoms with Gasteiger partial charge in [-0.2, -0.15) is 0 Å². The van der Waals surface area contributed by atoms with E-state index >= 15 is 0 Å². The third-order valence-electron chi connectivity index (χ3n) is 3.17. The Morgan fingerprint density at radius 2 is 1.90 bits per heavy atom. The molecule has 0 saturated carbocycles. The molecule has 0 amide bonds. The molecule has 0 fully saturated rings. The van der Waals surface area contributed by atoms with Gasteiger partial charge in [0.15, 0.2) is 11.6 Å². The number of rotatable bonds is 6. The van der Waals surface area contributed by atoms with Crippen LogP contribution < -0.4 is 10.1 Å². The van der Waals surface area contributed by atoms with E-state index in [1.54, 1.807) is 31.3 Å². The van der Waals surface area contributed by atoms with Gasteiger partial charge in [0.05, 0.1) is 7.11 Å². The molecule has 0 aliphatic heterocycles. The summed E-state index contributed by atoms with van der Waals surface area (Å²) in [5.74, 6) is 0.184. The van der Waals surface area contributed by atoms with Crippen LogP contribution in [-0.2, 0) is 0 Å². The molecule has 0 aliphatic carbocycles. The first kappa shape index (κ1) is 15.8. The van der Waals surface area contributed by atoms with Crippen LogP contribution in [-0.4, -0.2) is 19.9 Å². The van der Waals surface area contributed by atoms with Crippen molar-refractivity contribution in [3.05, 3.63) is 59.7 Å². The van der Waals surface area contributed by atoms with Crippen molar-refractivity contribution in [2.24, 2.45) is 0 Å². The van der Waals surface area contributed by atoms with E-state index < -0.39 is 5.82 Å². The van der Waals surface area contributed by atoms with E-state index in [0.717, 1.165) is 5.56 Å². The Morgan fingerprint density at radius 3 is 2.52 bits per heavy atom. The minimum atomic E-state index is -0.397. The number of hydrogen-bond acceptors (Lipinski definition) is 3. The lowest BCUT2D eigenvalue weighted by Gasteiger charge is -2.17. The lowest BCUT2D eigenvalue weighted by molar-refractivity contribution is 0.385. The zero-order chi connectivity index (χ0) is 15.2. The number of ether oxygens (including phenoxy) is 1. The van der Waals surface area contributed by atoms with Crippen LogP contribution >= 0.6 is 11.8 Å². The van der Waals surface area contributed by atoms with Crippen LogP contribution in [0.25, 0.3) is 0 Å². The van der Waals surface area contributed by atoms with Crippen LogP contribution in [0.2, 0.25) is 0 Å². The van der Waals surface area contributed by atoms with E-state index in [-0.39, 0.29) is 17.6 Å². The van der Waals surface area contributed by atoms with Gasteiger partial charge in [-0.25, -0.2) is 8.78 Å². The van der Waals surface area contributed by atoms with Crippen molar-refractivity contribution >= 4 is 11.8 Å². The summed E-state index contributed by atoms with van der Waals surface area (Å²) in [4.78, 5) is 0.590. The summed E-state index contributed by atoms with van der Waals surface area (Å²) < 4.78 is 32.3. The lowest BCUT2D eigenvalue weighted by atomic mass is 10.1. The summed E-state index contributed by atoms with van der Waals surface area (Å²) in [7, 11) is 3.23. The number of nitrogens with one attached hydrogen (secondary N) is 1. The molecule has 2 aromatic rings. The smallest absolute Gasteiger partial charge is 0.165 e. The van der Waals surface area contributed by atoms with Gasteiger partial charge in [-0.15, -0.1) is 11.8 Å². The molecule has 2 nitrogen and oxygen atoms in total. The second-order valence-electron chi connectivity index (χ2n) is 4.48. The molecule has 1 atom stereocenters. The van der Waals surface area contributed by atoms with Gasteiger partial charge in [0.25, 0.3) is 0 Å². The van der Waals surface area contributed by atoms with Gasteiger partial charge in [0.2, 0.25) is 0 Å². The Bertz CT molecular complexity index is 607. The summed E-state index contributed by atoms with van der Waals surface area (Å²) in [6.45, 7) is 0. The fourth-order valence-electron chi connectivity index (χ4n) is 1.98. The molecular weight excluding hydrogens is 292 g/mol. The van der Waals surface area contributed by atoms with Crippen molar-refractivity contribution < 1.29 is 13.5 Å². The topological polar surface area (TPSA) is 21.3 Å². The highest BCUT2D eigenvalue weighted by molar-refractivity contribution is 7.99. The monoisotopic (exact) mass is 309 g/mol. The highest BCUT2D eigenvalue weighted by Crippen LogP contribution is 2.28. The predicted octanol–water partition coefficient (Wildman–Crippen LogP) is 4.03. The molecule has 112 valence electrons. The van der Waals surface area contributed by atoms with Crippen LogP contribution in [0.1, 0.15) is 11.6 Å². The van der Waals surface area contributed by atoms with Crippen LogP contribution in [0.5, 0.6) is 5.75 Å². The van der Waals surface area contributed by atoms with Crippen LogP contribution in [0.15, 0.2) is 47.4 Å². The number of benzene rings is 2. The SMILES string of the molecule is CNC(CSc1ccccc1F)c1ccc(OC)c(F)c1. The summed E-state index contributed by atoms with van der Waals surface area (Å²) >= 11 is 1.40. The second-order valence-corrected chi connectivity index (χ2v) is 5.54. The van der Waals surface area contributed by atoms with Gasteiger partial charge >= 0.3 is 0 Å². The number of thioether (sulfide) groups is 1. The minimum Gasteiger partial charge on any atom is -0.494 e. The first-order valence-electron chi connectivity index (χ1n) is 6.53. The standard InChI is InChI=1S/C16H17F2NOS/c1-19-14(10-21-16-6-4-3-5-12(16)17)11-7-8-15(20-2)13(18)9-11/h3-9,14,19H,10H2,1-2H3.